The van der Waals surface area contributed by atoms with Crippen LogP contribution in [0.3, 0.4) is 0 Å². The zero-order valence-corrected chi connectivity index (χ0v) is 11.5. The molecule has 1 fully saturated rings. The lowest BCUT2D eigenvalue weighted by Gasteiger charge is -2.23. The third kappa shape index (κ3) is 2.80. The van der Waals surface area contributed by atoms with Crippen molar-refractivity contribution < 1.29 is 9.13 Å². The molecule has 1 heterocycles. The first-order valence-corrected chi connectivity index (χ1v) is 6.99. The molecule has 1 aliphatic heterocycles. The van der Waals surface area contributed by atoms with Gasteiger partial charge < -0.3 is 4.74 Å². The van der Waals surface area contributed by atoms with Gasteiger partial charge in [0.2, 0.25) is 0 Å². The molecule has 0 spiro atoms. The molecule has 0 radical (unpaired) electrons. The summed E-state index contributed by atoms with van der Waals surface area (Å²) >= 11 is 3.52. The Morgan fingerprint density at radius 2 is 2.35 bits per heavy atom. The zero-order valence-electron chi connectivity index (χ0n) is 9.96. The van der Waals surface area contributed by atoms with E-state index < -0.39 is 0 Å². The molecule has 1 aromatic carbocycles. The van der Waals surface area contributed by atoms with Crippen LogP contribution in [-0.4, -0.2) is 29.9 Å². The Morgan fingerprint density at radius 3 is 3.06 bits per heavy atom. The van der Waals surface area contributed by atoms with Crippen molar-refractivity contribution in [1.29, 1.82) is 0 Å². The van der Waals surface area contributed by atoms with Crippen LogP contribution in [0.15, 0.2) is 18.2 Å². The van der Waals surface area contributed by atoms with E-state index in [1.165, 1.54) is 20.0 Å². The van der Waals surface area contributed by atoms with E-state index in [4.69, 9.17) is 4.74 Å². The normalized spacial score (nSPS) is 20.8. The number of halogens is 2. The van der Waals surface area contributed by atoms with Gasteiger partial charge in [-0.2, -0.15) is 0 Å². The van der Waals surface area contributed by atoms with Gasteiger partial charge in [-0.25, -0.2) is 4.39 Å². The highest BCUT2D eigenvalue weighted by atomic mass is 79.9. The summed E-state index contributed by atoms with van der Waals surface area (Å²) in [6.45, 7) is 1.71. The van der Waals surface area contributed by atoms with E-state index in [0.717, 1.165) is 17.4 Å². The fraction of sp³-hybridized carbons (Fsp3) is 0.538. The smallest absolute Gasteiger partial charge is 0.169 e. The summed E-state index contributed by atoms with van der Waals surface area (Å²) < 4.78 is 19.0. The van der Waals surface area contributed by atoms with Crippen molar-refractivity contribution in [2.45, 2.75) is 25.4 Å². The molecule has 2 rings (SSSR count). The maximum Gasteiger partial charge on any atom is 0.169 e. The van der Waals surface area contributed by atoms with Crippen LogP contribution in [0.2, 0.25) is 0 Å². The van der Waals surface area contributed by atoms with Crippen molar-refractivity contribution in [3.63, 3.8) is 0 Å². The third-order valence-corrected chi connectivity index (χ3v) is 4.06. The van der Waals surface area contributed by atoms with Crippen LogP contribution < -0.4 is 4.74 Å². The topological polar surface area (TPSA) is 12.5 Å². The summed E-state index contributed by atoms with van der Waals surface area (Å²) in [5.74, 6) is 0.104. The van der Waals surface area contributed by atoms with Crippen molar-refractivity contribution >= 4 is 15.9 Å². The van der Waals surface area contributed by atoms with Gasteiger partial charge in [-0.15, -0.1) is 0 Å². The third-order valence-electron chi connectivity index (χ3n) is 3.31. The predicted molar refractivity (Wildman–Crippen MR) is 70.2 cm³/mol. The fourth-order valence-electron chi connectivity index (χ4n) is 2.33. The standard InChI is InChI=1S/C13H17BrFNO/c1-17-12-6-2-4-10(13(12)15)9-16-7-3-5-11(16)8-14/h2,4,6,11H,3,5,7-9H2,1H3. The summed E-state index contributed by atoms with van der Waals surface area (Å²) in [7, 11) is 1.50. The Morgan fingerprint density at radius 1 is 1.53 bits per heavy atom. The SMILES string of the molecule is COc1cccc(CN2CCCC2CBr)c1F. The van der Waals surface area contributed by atoms with E-state index in [-0.39, 0.29) is 5.82 Å². The minimum Gasteiger partial charge on any atom is -0.494 e. The molecule has 2 nitrogen and oxygen atoms in total. The maximum atomic E-state index is 14.0. The number of ether oxygens (including phenoxy) is 1. The molecule has 1 saturated heterocycles. The number of rotatable bonds is 4. The minimum atomic E-state index is -0.227. The molecule has 94 valence electrons. The Labute approximate surface area is 110 Å². The molecule has 0 N–H and O–H groups in total. The lowest BCUT2D eigenvalue weighted by molar-refractivity contribution is 0.259. The van der Waals surface area contributed by atoms with Crippen LogP contribution in [0.1, 0.15) is 18.4 Å². The highest BCUT2D eigenvalue weighted by molar-refractivity contribution is 9.09. The number of likely N-dealkylation sites (tertiary alicyclic amines) is 1. The van der Waals surface area contributed by atoms with E-state index in [1.54, 1.807) is 6.07 Å². The molecular weight excluding hydrogens is 285 g/mol. The lowest BCUT2D eigenvalue weighted by Crippen LogP contribution is -2.30. The van der Waals surface area contributed by atoms with Gasteiger partial charge in [0.1, 0.15) is 0 Å². The Kier molecular flexibility index (Phi) is 4.40. The summed E-state index contributed by atoms with van der Waals surface area (Å²) in [6, 6.07) is 5.86. The Hall–Kier alpha value is -0.610. The van der Waals surface area contributed by atoms with Gasteiger partial charge in [-0.3, -0.25) is 4.90 Å². The number of benzene rings is 1. The molecule has 0 aliphatic carbocycles. The highest BCUT2D eigenvalue weighted by Crippen LogP contribution is 2.25. The minimum absolute atomic E-state index is 0.227. The van der Waals surface area contributed by atoms with Crippen molar-refractivity contribution in [2.75, 3.05) is 19.0 Å². The highest BCUT2D eigenvalue weighted by Gasteiger charge is 2.24. The molecule has 17 heavy (non-hydrogen) atoms. The van der Waals surface area contributed by atoms with Crippen LogP contribution in [0.25, 0.3) is 0 Å². The molecule has 1 aliphatic rings. The first kappa shape index (κ1) is 12.8. The van der Waals surface area contributed by atoms with Crippen LogP contribution in [-0.2, 0) is 6.54 Å². The number of nitrogens with zero attached hydrogens (tertiary/aromatic N) is 1. The van der Waals surface area contributed by atoms with Gasteiger partial charge in [-0.1, -0.05) is 28.1 Å². The summed E-state index contributed by atoms with van der Waals surface area (Å²) in [4.78, 5) is 2.33. The molecule has 0 amide bonds. The van der Waals surface area contributed by atoms with Gasteiger partial charge in [0, 0.05) is 23.5 Å². The van der Waals surface area contributed by atoms with Gasteiger partial charge >= 0.3 is 0 Å². The molecule has 4 heteroatoms. The lowest BCUT2D eigenvalue weighted by atomic mass is 10.1. The molecule has 1 unspecified atom stereocenters. The van der Waals surface area contributed by atoms with Crippen LogP contribution in [0, 0.1) is 5.82 Å². The van der Waals surface area contributed by atoms with Crippen LogP contribution in [0.4, 0.5) is 4.39 Å². The van der Waals surface area contributed by atoms with E-state index in [2.05, 4.69) is 20.8 Å². The number of hydrogen-bond donors (Lipinski definition) is 0. The summed E-state index contributed by atoms with van der Waals surface area (Å²) in [6.07, 6.45) is 2.39. The second-order valence-corrected chi connectivity index (χ2v) is 5.00. The van der Waals surface area contributed by atoms with Crippen molar-refractivity contribution in [2.24, 2.45) is 0 Å². The van der Waals surface area contributed by atoms with E-state index >= 15 is 0 Å². The monoisotopic (exact) mass is 301 g/mol. The number of hydrogen-bond acceptors (Lipinski definition) is 2. The number of alkyl halides is 1. The van der Waals surface area contributed by atoms with Gasteiger partial charge in [0.15, 0.2) is 11.6 Å². The van der Waals surface area contributed by atoms with Crippen LogP contribution in [0.5, 0.6) is 5.75 Å². The van der Waals surface area contributed by atoms with Crippen molar-refractivity contribution in [3.8, 4) is 5.75 Å². The van der Waals surface area contributed by atoms with Crippen molar-refractivity contribution in [1.82, 2.24) is 4.90 Å². The average Bonchev–Trinajstić information content (AvgIpc) is 2.79. The summed E-state index contributed by atoms with van der Waals surface area (Å²) in [5, 5.41) is 0.957. The first-order chi connectivity index (χ1) is 8.26. The van der Waals surface area contributed by atoms with E-state index in [0.29, 0.717) is 18.3 Å². The first-order valence-electron chi connectivity index (χ1n) is 5.87. The maximum absolute atomic E-state index is 14.0. The van der Waals surface area contributed by atoms with E-state index in [1.807, 2.05) is 12.1 Å². The second-order valence-electron chi connectivity index (χ2n) is 4.35. The van der Waals surface area contributed by atoms with Gasteiger partial charge in [0.25, 0.3) is 0 Å². The zero-order chi connectivity index (χ0) is 12.3. The largest absolute Gasteiger partial charge is 0.494 e. The molecule has 0 bridgehead atoms. The predicted octanol–water partition coefficient (Wildman–Crippen LogP) is 3.19. The molecule has 0 saturated carbocycles. The average molecular weight is 302 g/mol. The van der Waals surface area contributed by atoms with E-state index in [9.17, 15) is 4.39 Å². The second kappa shape index (κ2) is 5.83. The fourth-order valence-corrected chi connectivity index (χ4v) is 3.07. The molecular formula is C13H17BrFNO. The molecule has 1 aromatic rings. The molecule has 1 atom stereocenters. The van der Waals surface area contributed by atoms with Gasteiger partial charge in [-0.05, 0) is 25.5 Å². The summed E-state index contributed by atoms with van der Waals surface area (Å²) in [5.41, 5.74) is 0.720. The Bertz CT molecular complexity index is 386. The quantitative estimate of drug-likeness (QED) is 0.792. The van der Waals surface area contributed by atoms with Crippen molar-refractivity contribution in [3.05, 3.63) is 29.6 Å². The van der Waals surface area contributed by atoms with Crippen LogP contribution >= 0.6 is 15.9 Å². The number of methoxy groups -OCH3 is 1. The molecule has 0 aromatic heterocycles. The van der Waals surface area contributed by atoms with Gasteiger partial charge in [0.05, 0.1) is 7.11 Å². The Balaban J connectivity index is 2.13.